The molecular weight excluding hydrogens is 999 g/mol. The molecule has 0 amide bonds. The maximum Gasteiger partial charge on any atom is 2.00 e. The molecular formula is C40H34N8OPt2. The first kappa shape index (κ1) is 38.7. The van der Waals surface area contributed by atoms with Gasteiger partial charge in [0.15, 0.2) is 0 Å². The van der Waals surface area contributed by atoms with E-state index in [1.54, 1.807) is 12.4 Å². The molecule has 0 spiro atoms. The van der Waals surface area contributed by atoms with Crippen LogP contribution in [-0.2, 0) is 68.3 Å². The van der Waals surface area contributed by atoms with Crippen LogP contribution in [0.15, 0.2) is 159 Å². The molecule has 0 radical (unpaired) electrons. The van der Waals surface area contributed by atoms with Gasteiger partial charge in [-0.2, -0.15) is 70.9 Å². The Hall–Kier alpha value is -5.10. The molecule has 6 heterocycles. The molecule has 51 heavy (non-hydrogen) atoms. The summed E-state index contributed by atoms with van der Waals surface area (Å²) in [4.78, 5) is 9.24. The van der Waals surface area contributed by atoms with E-state index in [0.717, 1.165) is 47.4 Å². The maximum absolute atomic E-state index is 5.54. The minimum atomic E-state index is 0. The molecule has 0 saturated carbocycles. The van der Waals surface area contributed by atoms with Gasteiger partial charge in [0.2, 0.25) is 0 Å². The summed E-state index contributed by atoms with van der Waals surface area (Å²) in [6.07, 6.45) is 17.6. The Morgan fingerprint density at radius 2 is 0.863 bits per heavy atom. The summed E-state index contributed by atoms with van der Waals surface area (Å²) in [5, 5.41) is 8.36. The van der Waals surface area contributed by atoms with Gasteiger partial charge in [-0.15, -0.1) is 49.1 Å². The Kier molecular flexibility index (Phi) is 16.1. The molecule has 11 heteroatoms. The molecule has 8 rings (SSSR count). The molecule has 0 bridgehead atoms. The zero-order valence-electron chi connectivity index (χ0n) is 27.5. The number of rotatable bonds is 10. The van der Waals surface area contributed by atoms with Crippen molar-refractivity contribution in [2.45, 2.75) is 26.2 Å². The van der Waals surface area contributed by atoms with E-state index in [9.17, 15) is 0 Å². The van der Waals surface area contributed by atoms with Gasteiger partial charge in [0.05, 0.1) is 35.9 Å². The van der Waals surface area contributed by atoms with E-state index in [1.807, 2.05) is 165 Å². The summed E-state index contributed by atoms with van der Waals surface area (Å²) in [5.74, 6) is 1.65. The zero-order valence-corrected chi connectivity index (χ0v) is 32.0. The average Bonchev–Trinajstić information content (AvgIpc) is 3.98. The summed E-state index contributed by atoms with van der Waals surface area (Å²) < 4.78 is 13.2. The van der Waals surface area contributed by atoms with Crippen LogP contribution in [-0.4, -0.2) is 38.7 Å². The second-order valence-electron chi connectivity index (χ2n) is 10.8. The van der Waals surface area contributed by atoms with Crippen molar-refractivity contribution in [3.8, 4) is 11.5 Å². The summed E-state index contributed by atoms with van der Waals surface area (Å²) >= 11 is 0. The first-order valence-electron chi connectivity index (χ1n) is 15.8. The number of aromatic nitrogens is 8. The minimum absolute atomic E-state index is 0. The van der Waals surface area contributed by atoms with Crippen molar-refractivity contribution < 1.29 is 46.9 Å². The fraction of sp³-hybridized carbons (Fsp3) is 0.100. The standard InChI is InChI=1S/2C14H13N4.C12H8O.2Pt/c2*1-2-9-17(8-1)11-13-5-3-6-14(16-13)12-18-10-4-7-15-18;1-3-7-11(8-4-1)13-12-9-5-2-6-10-12;;/h2*1-8,10H,11-12H2;3-10H;;/q2*-1;-2;2*+2. The largest absolute Gasteiger partial charge is 2.00 e. The molecule has 0 aliphatic heterocycles. The molecule has 6 aromatic heterocycles. The average molecular weight is 1030 g/mol. The number of ether oxygens (including phenoxy) is 1. The van der Waals surface area contributed by atoms with Gasteiger partial charge in [-0.05, 0) is 36.4 Å². The van der Waals surface area contributed by atoms with Gasteiger partial charge in [0.1, 0.15) is 0 Å². The van der Waals surface area contributed by atoms with Crippen LogP contribution < -0.4 is 4.74 Å². The fourth-order valence-corrected chi connectivity index (χ4v) is 4.75. The van der Waals surface area contributed by atoms with E-state index in [1.165, 1.54) is 0 Å². The van der Waals surface area contributed by atoms with Gasteiger partial charge < -0.3 is 13.9 Å². The zero-order chi connectivity index (χ0) is 33.4. The Labute approximate surface area is 327 Å². The van der Waals surface area contributed by atoms with Crippen LogP contribution in [0.1, 0.15) is 22.8 Å². The number of pyridine rings is 2. The van der Waals surface area contributed by atoms with Crippen molar-refractivity contribution in [1.29, 1.82) is 0 Å². The summed E-state index contributed by atoms with van der Waals surface area (Å²) in [6.45, 7) is 2.91. The molecule has 9 nitrogen and oxygen atoms in total. The topological polar surface area (TPSA) is 80.5 Å². The van der Waals surface area contributed by atoms with Gasteiger partial charge in [0, 0.05) is 49.4 Å². The van der Waals surface area contributed by atoms with E-state index in [4.69, 9.17) is 4.74 Å². The normalized spacial score (nSPS) is 9.96. The van der Waals surface area contributed by atoms with Crippen LogP contribution in [0.2, 0.25) is 0 Å². The molecule has 0 saturated heterocycles. The third-order valence-corrected chi connectivity index (χ3v) is 6.98. The molecule has 0 unspecified atom stereocenters. The van der Waals surface area contributed by atoms with Crippen molar-refractivity contribution in [3.05, 3.63) is 206 Å². The molecule has 8 aromatic rings. The molecule has 0 aliphatic carbocycles. The van der Waals surface area contributed by atoms with E-state index in [2.05, 4.69) is 44.7 Å². The number of benzene rings is 2. The van der Waals surface area contributed by atoms with Crippen LogP contribution in [0.3, 0.4) is 0 Å². The van der Waals surface area contributed by atoms with Crippen molar-refractivity contribution in [3.63, 3.8) is 0 Å². The fourth-order valence-electron chi connectivity index (χ4n) is 4.75. The maximum atomic E-state index is 5.54. The van der Waals surface area contributed by atoms with E-state index < -0.39 is 0 Å². The molecule has 0 fully saturated rings. The van der Waals surface area contributed by atoms with Crippen LogP contribution in [0.4, 0.5) is 0 Å². The van der Waals surface area contributed by atoms with Crippen molar-refractivity contribution >= 4 is 0 Å². The Morgan fingerprint density at radius 3 is 1.22 bits per heavy atom. The van der Waals surface area contributed by atoms with Gasteiger partial charge in [-0.1, -0.05) is 12.1 Å². The molecule has 260 valence electrons. The van der Waals surface area contributed by atoms with Gasteiger partial charge in [-0.25, -0.2) is 0 Å². The van der Waals surface area contributed by atoms with Crippen LogP contribution in [0.25, 0.3) is 0 Å². The predicted molar refractivity (Wildman–Crippen MR) is 187 cm³/mol. The second-order valence-corrected chi connectivity index (χ2v) is 10.8. The van der Waals surface area contributed by atoms with Gasteiger partial charge >= 0.3 is 42.1 Å². The summed E-state index contributed by atoms with van der Waals surface area (Å²) in [7, 11) is 0. The first-order valence-corrected chi connectivity index (χ1v) is 15.8. The van der Waals surface area contributed by atoms with E-state index in [-0.39, 0.29) is 42.1 Å². The SMILES string of the molecule is [Pt+2].[Pt+2].[c-]1ccc(Oc2cc[c-]cc2)cc1.[c-]1cccn1Cc1cccc(Cn2cccn2)n1.[c-]1cccn1Cc1cccc(Cn2cccn2)n1. The Bertz CT molecular complexity index is 1780. The molecule has 0 N–H and O–H groups in total. The number of hydrogen-bond acceptors (Lipinski definition) is 5. The van der Waals surface area contributed by atoms with E-state index in [0.29, 0.717) is 13.1 Å². The van der Waals surface area contributed by atoms with E-state index >= 15 is 0 Å². The Morgan fingerprint density at radius 1 is 0.451 bits per heavy atom. The molecule has 0 aliphatic rings. The number of nitrogens with zero attached hydrogens (tertiary/aromatic N) is 8. The molecule has 2 aromatic carbocycles. The minimum Gasteiger partial charge on any atom is -0.508 e. The Balaban J connectivity index is 0.000000171. The third kappa shape index (κ3) is 13.3. The monoisotopic (exact) mass is 1030 g/mol. The smallest absolute Gasteiger partial charge is 0.508 e. The van der Waals surface area contributed by atoms with Crippen LogP contribution in [0.5, 0.6) is 11.5 Å². The summed E-state index contributed by atoms with van der Waals surface area (Å²) in [5.41, 5.74) is 4.10. The van der Waals surface area contributed by atoms with Crippen LogP contribution >= 0.6 is 0 Å². The molecule has 0 atom stereocenters. The third-order valence-electron chi connectivity index (χ3n) is 6.98. The van der Waals surface area contributed by atoms with Crippen molar-refractivity contribution in [2.75, 3.05) is 0 Å². The number of hydrogen-bond donors (Lipinski definition) is 0. The first-order chi connectivity index (χ1) is 24.2. The second kappa shape index (κ2) is 21.2. The quantitative estimate of drug-likeness (QED) is 0.138. The van der Waals surface area contributed by atoms with Gasteiger partial charge in [-0.3, -0.25) is 19.3 Å². The predicted octanol–water partition coefficient (Wildman–Crippen LogP) is 7.03. The summed E-state index contributed by atoms with van der Waals surface area (Å²) in [6, 6.07) is 44.4. The van der Waals surface area contributed by atoms with Crippen molar-refractivity contribution in [2.24, 2.45) is 0 Å². The van der Waals surface area contributed by atoms with Crippen molar-refractivity contribution in [1.82, 2.24) is 38.7 Å². The van der Waals surface area contributed by atoms with Gasteiger partial charge in [0.25, 0.3) is 0 Å². The van der Waals surface area contributed by atoms with Crippen LogP contribution in [0, 0.1) is 24.5 Å².